The summed E-state index contributed by atoms with van der Waals surface area (Å²) in [5.41, 5.74) is 2.21. The van der Waals surface area contributed by atoms with Crippen LogP contribution in [0.1, 0.15) is 36.8 Å². The number of hydrogen-bond donors (Lipinski definition) is 3. The highest BCUT2D eigenvalue weighted by Gasteiger charge is 2.12. The first kappa shape index (κ1) is 15.9. The van der Waals surface area contributed by atoms with Crippen LogP contribution in [0.3, 0.4) is 0 Å². The number of halogens is 2. The molecule has 0 unspecified atom stereocenters. The zero-order valence-electron chi connectivity index (χ0n) is 12.4. The van der Waals surface area contributed by atoms with E-state index in [2.05, 4.69) is 20.8 Å². The van der Waals surface area contributed by atoms with Gasteiger partial charge in [0.25, 0.3) is 0 Å². The Bertz CT molecular complexity index is 657. The van der Waals surface area contributed by atoms with E-state index in [-0.39, 0.29) is 0 Å². The minimum atomic E-state index is -0.934. The van der Waals surface area contributed by atoms with Crippen LogP contribution in [-0.4, -0.2) is 16.2 Å². The molecule has 0 spiro atoms. The third-order valence-corrected chi connectivity index (χ3v) is 3.28. The topological polar surface area (TPSA) is 69.8 Å². The monoisotopic (exact) mass is 308 g/mol. The number of aromatic nitrogens is 2. The lowest BCUT2D eigenvalue weighted by Gasteiger charge is -2.15. The van der Waals surface area contributed by atoms with E-state index in [1.165, 1.54) is 6.07 Å². The molecule has 2 amide bonds. The minimum absolute atomic E-state index is 0.309. The van der Waals surface area contributed by atoms with Gasteiger partial charge in [-0.25, -0.2) is 13.6 Å². The van der Waals surface area contributed by atoms with Crippen molar-refractivity contribution in [2.45, 2.75) is 32.9 Å². The average Bonchev–Trinajstić information content (AvgIpc) is 2.96. The molecule has 118 valence electrons. The summed E-state index contributed by atoms with van der Waals surface area (Å²) in [5.74, 6) is -1.84. The third kappa shape index (κ3) is 4.03. The molecule has 3 N–H and O–H groups in total. The Labute approximate surface area is 127 Å². The molecule has 0 aliphatic rings. The van der Waals surface area contributed by atoms with Gasteiger partial charge in [-0.05, 0) is 37.1 Å². The first-order valence-electron chi connectivity index (χ1n) is 7.02. The van der Waals surface area contributed by atoms with Crippen LogP contribution < -0.4 is 10.6 Å². The Hall–Kier alpha value is -2.44. The highest BCUT2D eigenvalue weighted by atomic mass is 19.2. The fourth-order valence-corrected chi connectivity index (χ4v) is 1.97. The fraction of sp³-hybridized carbons (Fsp3) is 0.333. The van der Waals surface area contributed by atoms with Gasteiger partial charge >= 0.3 is 6.03 Å². The lowest BCUT2D eigenvalue weighted by atomic mass is 10.1. The van der Waals surface area contributed by atoms with Gasteiger partial charge in [0.1, 0.15) is 0 Å². The van der Waals surface area contributed by atoms with Gasteiger partial charge in [0.15, 0.2) is 11.6 Å². The number of carbonyl (C=O) groups excluding carboxylic acids is 1. The second kappa shape index (κ2) is 7.02. The van der Waals surface area contributed by atoms with E-state index in [0.29, 0.717) is 12.1 Å². The predicted molar refractivity (Wildman–Crippen MR) is 78.1 cm³/mol. The number of hydrogen-bond acceptors (Lipinski definition) is 2. The summed E-state index contributed by atoms with van der Waals surface area (Å²) in [5, 5.41) is 12.2. The molecule has 22 heavy (non-hydrogen) atoms. The minimum Gasteiger partial charge on any atom is -0.333 e. The number of rotatable bonds is 5. The maximum Gasteiger partial charge on any atom is 0.315 e. The molecule has 5 nitrogen and oxygen atoms in total. The summed E-state index contributed by atoms with van der Waals surface area (Å²) in [6.45, 7) is 3.99. The van der Waals surface area contributed by atoms with Crippen LogP contribution in [0, 0.1) is 11.6 Å². The van der Waals surface area contributed by atoms with Crippen molar-refractivity contribution < 1.29 is 13.6 Å². The molecule has 2 rings (SSSR count). The molecule has 1 aromatic heterocycles. The Morgan fingerprint density at radius 2 is 2.09 bits per heavy atom. The molecule has 1 atom stereocenters. The van der Waals surface area contributed by atoms with Crippen LogP contribution in [0.4, 0.5) is 13.6 Å². The largest absolute Gasteiger partial charge is 0.333 e. The van der Waals surface area contributed by atoms with E-state index in [4.69, 9.17) is 0 Å². The van der Waals surface area contributed by atoms with Crippen LogP contribution in [0.2, 0.25) is 0 Å². The molecule has 0 aliphatic heterocycles. The van der Waals surface area contributed by atoms with E-state index in [0.717, 1.165) is 29.9 Å². The van der Waals surface area contributed by atoms with E-state index >= 15 is 0 Å². The fourth-order valence-electron chi connectivity index (χ4n) is 1.97. The van der Waals surface area contributed by atoms with Crippen molar-refractivity contribution in [2.75, 3.05) is 0 Å². The summed E-state index contributed by atoms with van der Waals surface area (Å²) in [7, 11) is 0. The van der Waals surface area contributed by atoms with E-state index in [9.17, 15) is 13.6 Å². The van der Waals surface area contributed by atoms with Crippen LogP contribution in [0.15, 0.2) is 24.3 Å². The van der Waals surface area contributed by atoms with Crippen molar-refractivity contribution in [1.82, 2.24) is 20.8 Å². The number of nitrogens with one attached hydrogen (secondary N) is 3. The number of carbonyl (C=O) groups is 1. The molecule has 2 aromatic rings. The van der Waals surface area contributed by atoms with Crippen molar-refractivity contribution in [3.63, 3.8) is 0 Å². The van der Waals surface area contributed by atoms with Crippen molar-refractivity contribution in [1.29, 1.82) is 0 Å². The SMILES string of the molecule is CCc1cc(CNC(=O)N[C@@H](C)c2ccc(F)c(F)c2)[nH]n1. The summed E-state index contributed by atoms with van der Waals surface area (Å²) in [6, 6.07) is 4.58. The molecule has 1 heterocycles. The van der Waals surface area contributed by atoms with E-state index in [1.807, 2.05) is 13.0 Å². The van der Waals surface area contributed by atoms with Crippen LogP contribution in [-0.2, 0) is 13.0 Å². The van der Waals surface area contributed by atoms with Crippen LogP contribution >= 0.6 is 0 Å². The Morgan fingerprint density at radius 3 is 2.73 bits per heavy atom. The van der Waals surface area contributed by atoms with Crippen LogP contribution in [0.5, 0.6) is 0 Å². The number of H-pyrrole nitrogens is 1. The molecular weight excluding hydrogens is 290 g/mol. The molecular formula is C15H18F2N4O. The van der Waals surface area contributed by atoms with Gasteiger partial charge in [0.2, 0.25) is 0 Å². The zero-order valence-corrected chi connectivity index (χ0v) is 12.4. The van der Waals surface area contributed by atoms with Gasteiger partial charge in [-0.2, -0.15) is 5.10 Å². The molecule has 0 aliphatic carbocycles. The Balaban J connectivity index is 1.86. The normalized spacial score (nSPS) is 12.0. The van der Waals surface area contributed by atoms with Gasteiger partial charge in [-0.1, -0.05) is 13.0 Å². The van der Waals surface area contributed by atoms with Gasteiger partial charge < -0.3 is 10.6 Å². The van der Waals surface area contributed by atoms with Gasteiger partial charge in [0.05, 0.1) is 24.0 Å². The molecule has 0 saturated carbocycles. The van der Waals surface area contributed by atoms with Crippen molar-refractivity contribution >= 4 is 6.03 Å². The second-order valence-electron chi connectivity index (χ2n) is 4.96. The smallest absolute Gasteiger partial charge is 0.315 e. The van der Waals surface area contributed by atoms with Crippen molar-refractivity contribution in [2.24, 2.45) is 0 Å². The predicted octanol–water partition coefficient (Wildman–Crippen LogP) is 2.81. The standard InChI is InChI=1S/C15H18F2N4O/c1-3-11-7-12(21-20-11)8-18-15(22)19-9(2)10-4-5-13(16)14(17)6-10/h4-7,9H,3,8H2,1-2H3,(H,20,21)(H2,18,19,22)/t9-/m0/s1. The lowest BCUT2D eigenvalue weighted by Crippen LogP contribution is -2.36. The van der Waals surface area contributed by atoms with Crippen molar-refractivity contribution in [3.8, 4) is 0 Å². The molecule has 0 bridgehead atoms. The molecule has 1 aromatic carbocycles. The molecule has 0 saturated heterocycles. The Kier molecular flexibility index (Phi) is 5.08. The Morgan fingerprint density at radius 1 is 1.32 bits per heavy atom. The van der Waals surface area contributed by atoms with Gasteiger partial charge in [-0.3, -0.25) is 5.10 Å². The summed E-state index contributed by atoms with van der Waals surface area (Å²) < 4.78 is 26.0. The third-order valence-electron chi connectivity index (χ3n) is 3.28. The summed E-state index contributed by atoms with van der Waals surface area (Å²) >= 11 is 0. The van der Waals surface area contributed by atoms with Crippen molar-refractivity contribution in [3.05, 3.63) is 52.9 Å². The lowest BCUT2D eigenvalue weighted by molar-refractivity contribution is 0.237. The summed E-state index contributed by atoms with van der Waals surface area (Å²) in [6.07, 6.45) is 0.815. The highest BCUT2D eigenvalue weighted by Crippen LogP contribution is 2.15. The van der Waals surface area contributed by atoms with E-state index < -0.39 is 23.7 Å². The van der Waals surface area contributed by atoms with E-state index in [1.54, 1.807) is 6.92 Å². The maximum absolute atomic E-state index is 13.2. The summed E-state index contributed by atoms with van der Waals surface area (Å²) in [4.78, 5) is 11.8. The first-order chi connectivity index (χ1) is 10.5. The maximum atomic E-state index is 13.2. The number of nitrogens with zero attached hydrogens (tertiary/aromatic N) is 1. The number of amides is 2. The molecule has 0 radical (unpaired) electrons. The number of urea groups is 1. The molecule has 0 fully saturated rings. The molecule has 7 heteroatoms. The number of aromatic amines is 1. The average molecular weight is 308 g/mol. The van der Waals surface area contributed by atoms with Crippen LogP contribution in [0.25, 0.3) is 0 Å². The first-order valence-corrected chi connectivity index (χ1v) is 7.02. The second-order valence-corrected chi connectivity index (χ2v) is 4.96. The number of benzene rings is 1. The number of aryl methyl sites for hydroxylation is 1. The van der Waals surface area contributed by atoms with Gasteiger partial charge in [0, 0.05) is 0 Å². The van der Waals surface area contributed by atoms with Gasteiger partial charge in [-0.15, -0.1) is 0 Å². The quantitative estimate of drug-likeness (QED) is 0.795. The zero-order chi connectivity index (χ0) is 16.1. The highest BCUT2D eigenvalue weighted by molar-refractivity contribution is 5.74.